The van der Waals surface area contributed by atoms with Gasteiger partial charge in [0, 0.05) is 50.7 Å². The Kier molecular flexibility index (Phi) is 14.3. The summed E-state index contributed by atoms with van der Waals surface area (Å²) in [4.78, 5) is 40.7. The Morgan fingerprint density at radius 2 is 1.31 bits per heavy atom. The predicted molar refractivity (Wildman–Crippen MR) is 169 cm³/mol. The van der Waals surface area contributed by atoms with E-state index < -0.39 is 17.2 Å². The highest BCUT2D eigenvalue weighted by Crippen LogP contribution is 2.26. The quantitative estimate of drug-likeness (QED) is 0.170. The summed E-state index contributed by atoms with van der Waals surface area (Å²) in [5, 5.41) is 9.42. The van der Waals surface area contributed by atoms with E-state index in [-0.39, 0.29) is 16.9 Å². The van der Waals surface area contributed by atoms with Gasteiger partial charge in [0.05, 0.1) is 11.2 Å². The van der Waals surface area contributed by atoms with Crippen LogP contribution < -0.4 is 10.3 Å². The first kappa shape index (κ1) is 33.6. The number of piperazine rings is 1. The first-order valence-corrected chi connectivity index (χ1v) is 16.5. The molecular weight excluding hydrogens is 533 g/mol. The number of rotatable bonds is 19. The van der Waals surface area contributed by atoms with Crippen molar-refractivity contribution in [3.8, 4) is 0 Å². The lowest BCUT2D eigenvalue weighted by Gasteiger charge is -2.36. The average molecular weight is 586 g/mol. The predicted octanol–water partition coefficient (Wildman–Crippen LogP) is 7.77. The van der Waals surface area contributed by atoms with E-state index in [0.717, 1.165) is 18.9 Å². The lowest BCUT2D eigenvalue weighted by Crippen LogP contribution is -2.49. The molecule has 8 heteroatoms. The van der Waals surface area contributed by atoms with Gasteiger partial charge in [-0.1, -0.05) is 96.8 Å². The highest BCUT2D eigenvalue weighted by Gasteiger charge is 2.24. The second-order valence-electron chi connectivity index (χ2n) is 11.9. The molecule has 0 spiro atoms. The number of carboxylic acids is 1. The Morgan fingerprint density at radius 1 is 0.786 bits per heavy atom. The highest BCUT2D eigenvalue weighted by atomic mass is 19.1. The minimum Gasteiger partial charge on any atom is -0.477 e. The number of carboxylic acid groups (broad SMARTS) is 1. The minimum absolute atomic E-state index is 0.0651. The number of carbonyl (C=O) groups excluding carboxylic acids is 1. The topological polar surface area (TPSA) is 82.8 Å². The van der Waals surface area contributed by atoms with Gasteiger partial charge in [-0.3, -0.25) is 9.59 Å². The van der Waals surface area contributed by atoms with Gasteiger partial charge >= 0.3 is 5.97 Å². The highest BCUT2D eigenvalue weighted by molar-refractivity contribution is 5.93. The van der Waals surface area contributed by atoms with Crippen LogP contribution in [0.5, 0.6) is 0 Å². The lowest BCUT2D eigenvalue weighted by molar-refractivity contribution is -0.131. The Morgan fingerprint density at radius 3 is 1.81 bits per heavy atom. The van der Waals surface area contributed by atoms with Crippen LogP contribution >= 0.6 is 0 Å². The zero-order valence-electron chi connectivity index (χ0n) is 26.0. The van der Waals surface area contributed by atoms with Crippen LogP contribution in [-0.4, -0.2) is 52.6 Å². The number of nitrogens with zero attached hydrogens (tertiary/aromatic N) is 3. The number of aromatic carboxylic acids is 1. The normalized spacial score (nSPS) is 13.7. The Labute approximate surface area is 251 Å². The smallest absolute Gasteiger partial charge is 0.341 e. The van der Waals surface area contributed by atoms with Crippen LogP contribution in [0.15, 0.2) is 23.1 Å². The first-order chi connectivity index (χ1) is 20.4. The SMILES string of the molecule is CCCCCCCCCCCCCCCCCC(=O)N1CCN(c2cc3c(cc2F)c(=O)c(C(=O)O)cn3CC)CC1. The third-order valence-electron chi connectivity index (χ3n) is 8.69. The number of amides is 1. The van der Waals surface area contributed by atoms with Gasteiger partial charge in [-0.05, 0) is 25.5 Å². The summed E-state index contributed by atoms with van der Waals surface area (Å²) >= 11 is 0. The van der Waals surface area contributed by atoms with Crippen molar-refractivity contribution < 1.29 is 19.1 Å². The average Bonchev–Trinajstić information content (AvgIpc) is 2.99. The maximum atomic E-state index is 15.1. The molecule has 1 aliphatic heterocycles. The van der Waals surface area contributed by atoms with Crippen LogP contribution in [0.25, 0.3) is 10.9 Å². The van der Waals surface area contributed by atoms with Crippen molar-refractivity contribution in [3.05, 3.63) is 39.9 Å². The van der Waals surface area contributed by atoms with Crippen molar-refractivity contribution in [2.24, 2.45) is 0 Å². The van der Waals surface area contributed by atoms with Crippen LogP contribution in [-0.2, 0) is 11.3 Å². The number of aryl methyl sites for hydroxylation is 1. The second-order valence-corrected chi connectivity index (χ2v) is 11.9. The summed E-state index contributed by atoms with van der Waals surface area (Å²) in [5.74, 6) is -1.70. The number of unbranched alkanes of at least 4 members (excludes halogenated alkanes) is 14. The van der Waals surface area contributed by atoms with Crippen molar-refractivity contribution in [2.75, 3.05) is 31.1 Å². The van der Waals surface area contributed by atoms with E-state index in [1.54, 1.807) is 10.6 Å². The van der Waals surface area contributed by atoms with E-state index in [1.165, 1.54) is 89.7 Å². The number of hydrogen-bond acceptors (Lipinski definition) is 4. The van der Waals surface area contributed by atoms with Crippen molar-refractivity contribution in [1.82, 2.24) is 9.47 Å². The van der Waals surface area contributed by atoms with Crippen LogP contribution in [0, 0.1) is 5.82 Å². The van der Waals surface area contributed by atoms with Gasteiger partial charge in [0.1, 0.15) is 11.4 Å². The largest absolute Gasteiger partial charge is 0.477 e. The molecule has 2 aromatic rings. The van der Waals surface area contributed by atoms with E-state index >= 15 is 4.39 Å². The summed E-state index contributed by atoms with van der Waals surface area (Å²) < 4.78 is 16.8. The molecular formula is C34H52FN3O4. The number of pyridine rings is 1. The molecule has 7 nitrogen and oxygen atoms in total. The van der Waals surface area contributed by atoms with Crippen molar-refractivity contribution >= 4 is 28.5 Å². The number of anilines is 1. The minimum atomic E-state index is -1.32. The van der Waals surface area contributed by atoms with E-state index in [2.05, 4.69) is 6.92 Å². The zero-order chi connectivity index (χ0) is 30.3. The maximum absolute atomic E-state index is 15.1. The standard InChI is InChI=1S/C34H52FN3O4/c1-3-5-6-7-8-9-10-11-12-13-14-15-16-17-18-19-32(39)38-22-20-37(21-23-38)31-25-30-27(24-29(31)35)33(40)28(34(41)42)26-36(30)4-2/h24-26H,3-23H2,1-2H3,(H,41,42). The van der Waals surface area contributed by atoms with Crippen LogP contribution in [0.1, 0.15) is 127 Å². The molecule has 1 aromatic carbocycles. The fraction of sp³-hybridized carbons (Fsp3) is 0.676. The van der Waals surface area contributed by atoms with Gasteiger partial charge < -0.3 is 19.5 Å². The molecule has 234 valence electrons. The van der Waals surface area contributed by atoms with Gasteiger partial charge in [0.2, 0.25) is 11.3 Å². The molecule has 0 unspecified atom stereocenters. The molecule has 0 saturated carbocycles. The van der Waals surface area contributed by atoms with Crippen LogP contribution in [0.2, 0.25) is 0 Å². The zero-order valence-corrected chi connectivity index (χ0v) is 26.0. The number of fused-ring (bicyclic) bond motifs is 1. The molecule has 1 N–H and O–H groups in total. The van der Waals surface area contributed by atoms with E-state index in [4.69, 9.17) is 0 Å². The molecule has 2 heterocycles. The molecule has 1 aliphatic rings. The molecule has 0 bridgehead atoms. The summed E-state index contributed by atoms with van der Waals surface area (Å²) in [6, 6.07) is 2.79. The van der Waals surface area contributed by atoms with Crippen LogP contribution in [0.3, 0.4) is 0 Å². The van der Waals surface area contributed by atoms with E-state index in [9.17, 15) is 19.5 Å². The lowest BCUT2D eigenvalue weighted by atomic mass is 10.0. The number of hydrogen-bond donors (Lipinski definition) is 1. The summed E-state index contributed by atoms with van der Waals surface area (Å²) in [7, 11) is 0. The summed E-state index contributed by atoms with van der Waals surface area (Å²) in [5.41, 5.74) is -0.156. The molecule has 1 saturated heterocycles. The molecule has 0 aliphatic carbocycles. The fourth-order valence-corrected chi connectivity index (χ4v) is 6.06. The van der Waals surface area contributed by atoms with Crippen molar-refractivity contribution in [2.45, 2.75) is 123 Å². The van der Waals surface area contributed by atoms with Crippen molar-refractivity contribution in [3.63, 3.8) is 0 Å². The monoisotopic (exact) mass is 585 g/mol. The molecule has 1 aromatic heterocycles. The van der Waals surface area contributed by atoms with Gasteiger partial charge in [-0.2, -0.15) is 0 Å². The Balaban J connectivity index is 1.33. The molecule has 42 heavy (non-hydrogen) atoms. The molecule has 1 amide bonds. The summed E-state index contributed by atoms with van der Waals surface area (Å²) in [6.45, 7) is 6.65. The second kappa shape index (κ2) is 17.9. The van der Waals surface area contributed by atoms with Gasteiger partial charge in [0.15, 0.2) is 0 Å². The van der Waals surface area contributed by atoms with Gasteiger partial charge in [0.25, 0.3) is 0 Å². The number of aromatic nitrogens is 1. The summed E-state index contributed by atoms with van der Waals surface area (Å²) in [6.07, 6.45) is 21.4. The van der Waals surface area contributed by atoms with Crippen molar-refractivity contribution in [1.29, 1.82) is 0 Å². The van der Waals surface area contributed by atoms with E-state index in [0.29, 0.717) is 50.3 Å². The first-order valence-electron chi connectivity index (χ1n) is 16.5. The molecule has 0 atom stereocenters. The van der Waals surface area contributed by atoms with Gasteiger partial charge in [-0.15, -0.1) is 0 Å². The Hall–Kier alpha value is -2.90. The third-order valence-corrected chi connectivity index (χ3v) is 8.69. The molecule has 1 fully saturated rings. The molecule has 3 rings (SSSR count). The Bertz CT molecular complexity index is 1200. The van der Waals surface area contributed by atoms with Crippen LogP contribution in [0.4, 0.5) is 10.1 Å². The van der Waals surface area contributed by atoms with E-state index in [1.807, 2.05) is 16.7 Å². The molecule has 0 radical (unpaired) electrons. The fourth-order valence-electron chi connectivity index (χ4n) is 6.06. The number of carbonyl (C=O) groups is 2. The third kappa shape index (κ3) is 9.84. The van der Waals surface area contributed by atoms with Gasteiger partial charge in [-0.25, -0.2) is 9.18 Å². The maximum Gasteiger partial charge on any atom is 0.341 e. The number of benzene rings is 1. The number of halogens is 1.